The molecule has 1 atom stereocenters. The molecule has 2 aromatic rings. The highest BCUT2D eigenvalue weighted by molar-refractivity contribution is 5.72. The number of aromatic nitrogens is 1. The second-order valence-corrected chi connectivity index (χ2v) is 5.22. The quantitative estimate of drug-likeness (QED) is 0.920. The number of carboxylic acids is 1. The first-order valence-corrected chi connectivity index (χ1v) is 7.21. The topological polar surface area (TPSA) is 59.3 Å². The number of carbonyl (C=O) groups is 1. The van der Waals surface area contributed by atoms with Gasteiger partial charge in [0, 0.05) is 12.3 Å². The summed E-state index contributed by atoms with van der Waals surface area (Å²) in [5.74, 6) is -0.993. The molecule has 1 N–H and O–H groups in total. The van der Waals surface area contributed by atoms with Gasteiger partial charge >= 0.3 is 5.97 Å². The van der Waals surface area contributed by atoms with Crippen LogP contribution in [0.25, 0.3) is 12.2 Å². The lowest BCUT2D eigenvalue weighted by molar-refractivity contribution is -0.141. The number of carboxylic acid groups (broad SMARTS) is 1. The summed E-state index contributed by atoms with van der Waals surface area (Å²) >= 11 is 0. The second-order valence-electron chi connectivity index (χ2n) is 5.22. The first-order valence-electron chi connectivity index (χ1n) is 7.21. The third-order valence-corrected chi connectivity index (χ3v) is 3.49. The van der Waals surface area contributed by atoms with Gasteiger partial charge < -0.3 is 9.67 Å². The number of benzene rings is 1. The molecule has 0 fully saturated rings. The standard InChI is InChI=1S/C18H19NO3/c1-3-16(18(21)22)19-10-9-15(12-17(19)20)8-7-14-6-4-5-13(2)11-14/h4-12,16H,3H2,1-2H3,(H,21,22)/b8-7+. The molecule has 0 aliphatic rings. The third-order valence-electron chi connectivity index (χ3n) is 3.49. The van der Waals surface area contributed by atoms with E-state index in [-0.39, 0.29) is 5.56 Å². The van der Waals surface area contributed by atoms with Gasteiger partial charge in [-0.1, -0.05) is 48.9 Å². The van der Waals surface area contributed by atoms with Crippen molar-refractivity contribution in [3.05, 3.63) is 69.6 Å². The Kier molecular flexibility index (Phi) is 4.94. The Bertz CT molecular complexity index is 759. The minimum atomic E-state index is -0.993. The van der Waals surface area contributed by atoms with Crippen LogP contribution in [0.4, 0.5) is 0 Å². The summed E-state index contributed by atoms with van der Waals surface area (Å²) in [7, 11) is 0. The zero-order chi connectivity index (χ0) is 16.1. The van der Waals surface area contributed by atoms with Gasteiger partial charge in [0.25, 0.3) is 5.56 Å². The molecule has 1 aromatic heterocycles. The van der Waals surface area contributed by atoms with Gasteiger partial charge in [-0.15, -0.1) is 0 Å². The van der Waals surface area contributed by atoms with E-state index < -0.39 is 12.0 Å². The molecular weight excluding hydrogens is 278 g/mol. The van der Waals surface area contributed by atoms with Gasteiger partial charge in [0.1, 0.15) is 6.04 Å². The summed E-state index contributed by atoms with van der Waals surface area (Å²) in [5, 5.41) is 9.12. The van der Waals surface area contributed by atoms with Crippen LogP contribution in [0.15, 0.2) is 47.4 Å². The first kappa shape index (κ1) is 15.8. The van der Waals surface area contributed by atoms with Gasteiger partial charge in [0.2, 0.25) is 0 Å². The maximum Gasteiger partial charge on any atom is 0.326 e. The van der Waals surface area contributed by atoms with Crippen LogP contribution in [0, 0.1) is 6.92 Å². The third kappa shape index (κ3) is 3.73. The Morgan fingerprint density at radius 3 is 2.45 bits per heavy atom. The Balaban J connectivity index is 2.26. The van der Waals surface area contributed by atoms with Crippen LogP contribution >= 0.6 is 0 Å². The van der Waals surface area contributed by atoms with E-state index >= 15 is 0 Å². The predicted octanol–water partition coefficient (Wildman–Crippen LogP) is 3.36. The molecule has 1 heterocycles. The Morgan fingerprint density at radius 2 is 1.91 bits per heavy atom. The van der Waals surface area contributed by atoms with Crippen molar-refractivity contribution in [3.8, 4) is 0 Å². The van der Waals surface area contributed by atoms with Gasteiger partial charge in [-0.3, -0.25) is 4.79 Å². The lowest BCUT2D eigenvalue weighted by atomic mass is 10.1. The number of hydrogen-bond donors (Lipinski definition) is 1. The SMILES string of the molecule is CCC(C(=O)O)n1ccc(/C=C/c2cccc(C)c2)cc1=O. The van der Waals surface area contributed by atoms with Gasteiger partial charge in [-0.2, -0.15) is 0 Å². The lowest BCUT2D eigenvalue weighted by Gasteiger charge is -2.13. The van der Waals surface area contributed by atoms with Crippen LogP contribution in [0.2, 0.25) is 0 Å². The molecule has 0 bridgehead atoms. The van der Waals surface area contributed by atoms with Gasteiger partial charge in [-0.05, 0) is 30.5 Å². The number of hydrogen-bond acceptors (Lipinski definition) is 2. The average Bonchev–Trinajstić information content (AvgIpc) is 2.47. The van der Waals surface area contributed by atoms with E-state index in [4.69, 9.17) is 5.11 Å². The maximum atomic E-state index is 12.1. The summed E-state index contributed by atoms with van der Waals surface area (Å²) in [6.45, 7) is 3.77. The zero-order valence-electron chi connectivity index (χ0n) is 12.7. The molecule has 4 heteroatoms. The molecule has 0 amide bonds. The fraction of sp³-hybridized carbons (Fsp3) is 0.222. The molecule has 0 aliphatic carbocycles. The van der Waals surface area contributed by atoms with Gasteiger partial charge in [0.15, 0.2) is 0 Å². The smallest absolute Gasteiger partial charge is 0.326 e. The van der Waals surface area contributed by atoms with Crippen LogP contribution in [0.5, 0.6) is 0 Å². The Labute approximate surface area is 129 Å². The highest BCUT2D eigenvalue weighted by Gasteiger charge is 2.17. The number of nitrogens with zero attached hydrogens (tertiary/aromatic N) is 1. The van der Waals surface area contributed by atoms with E-state index in [9.17, 15) is 9.59 Å². The van der Waals surface area contributed by atoms with Crippen molar-refractivity contribution in [2.24, 2.45) is 0 Å². The van der Waals surface area contributed by atoms with Gasteiger partial charge in [-0.25, -0.2) is 4.79 Å². The van der Waals surface area contributed by atoms with Crippen molar-refractivity contribution in [1.82, 2.24) is 4.57 Å². The van der Waals surface area contributed by atoms with Crippen LogP contribution < -0.4 is 5.56 Å². The van der Waals surface area contributed by atoms with Crippen molar-refractivity contribution in [2.75, 3.05) is 0 Å². The van der Waals surface area contributed by atoms with E-state index in [1.165, 1.54) is 16.2 Å². The molecule has 22 heavy (non-hydrogen) atoms. The number of aliphatic carboxylic acids is 1. The van der Waals surface area contributed by atoms with Crippen LogP contribution in [0.3, 0.4) is 0 Å². The molecule has 1 aromatic carbocycles. The van der Waals surface area contributed by atoms with E-state index in [0.29, 0.717) is 6.42 Å². The molecule has 4 nitrogen and oxygen atoms in total. The molecule has 2 rings (SSSR count). The molecular formula is C18H19NO3. The van der Waals surface area contributed by atoms with E-state index in [1.54, 1.807) is 19.2 Å². The largest absolute Gasteiger partial charge is 0.480 e. The number of aryl methyl sites for hydroxylation is 1. The van der Waals surface area contributed by atoms with Crippen molar-refractivity contribution in [3.63, 3.8) is 0 Å². The number of pyridine rings is 1. The fourth-order valence-corrected chi connectivity index (χ4v) is 2.32. The molecule has 0 spiro atoms. The van der Waals surface area contributed by atoms with Gasteiger partial charge in [0.05, 0.1) is 0 Å². The van der Waals surface area contributed by atoms with E-state index in [2.05, 4.69) is 6.07 Å². The number of rotatable bonds is 5. The van der Waals surface area contributed by atoms with Crippen LogP contribution in [0.1, 0.15) is 36.1 Å². The van der Waals surface area contributed by atoms with Crippen molar-refractivity contribution in [2.45, 2.75) is 26.3 Å². The average molecular weight is 297 g/mol. The summed E-state index contributed by atoms with van der Waals surface area (Å²) in [4.78, 5) is 23.2. The summed E-state index contributed by atoms with van der Waals surface area (Å²) < 4.78 is 1.26. The minimum Gasteiger partial charge on any atom is -0.480 e. The van der Waals surface area contributed by atoms with Crippen molar-refractivity contribution in [1.29, 1.82) is 0 Å². The second kappa shape index (κ2) is 6.89. The highest BCUT2D eigenvalue weighted by atomic mass is 16.4. The predicted molar refractivity (Wildman–Crippen MR) is 87.8 cm³/mol. The molecule has 0 saturated carbocycles. The Morgan fingerprint density at radius 1 is 1.23 bits per heavy atom. The summed E-state index contributed by atoms with van der Waals surface area (Å²) in [6, 6.07) is 10.4. The maximum absolute atomic E-state index is 12.1. The van der Waals surface area contributed by atoms with Crippen molar-refractivity contribution < 1.29 is 9.90 Å². The Hall–Kier alpha value is -2.62. The summed E-state index contributed by atoms with van der Waals surface area (Å²) in [6.07, 6.45) is 5.69. The van der Waals surface area contributed by atoms with E-state index in [0.717, 1.165) is 11.1 Å². The molecule has 0 radical (unpaired) electrons. The highest BCUT2D eigenvalue weighted by Crippen LogP contribution is 2.11. The molecule has 114 valence electrons. The van der Waals surface area contributed by atoms with E-state index in [1.807, 2.05) is 37.3 Å². The lowest BCUT2D eigenvalue weighted by Crippen LogP contribution is -2.28. The molecule has 0 saturated heterocycles. The minimum absolute atomic E-state index is 0.305. The van der Waals surface area contributed by atoms with Crippen LogP contribution in [-0.2, 0) is 4.79 Å². The normalized spacial score (nSPS) is 12.5. The summed E-state index contributed by atoms with van der Waals surface area (Å²) in [5.41, 5.74) is 2.68. The fourth-order valence-electron chi connectivity index (χ4n) is 2.32. The monoisotopic (exact) mass is 297 g/mol. The van der Waals surface area contributed by atoms with Crippen molar-refractivity contribution >= 4 is 18.1 Å². The van der Waals surface area contributed by atoms with Crippen LogP contribution in [-0.4, -0.2) is 15.6 Å². The molecule has 0 aliphatic heterocycles. The molecule has 1 unspecified atom stereocenters. The first-order chi connectivity index (χ1) is 10.5. The zero-order valence-corrected chi connectivity index (χ0v) is 12.7.